The highest BCUT2D eigenvalue weighted by molar-refractivity contribution is 7.92. The largest absolute Gasteiger partial charge is 0.284 e. The molecule has 4 rings (SSSR count). The molecule has 3 aromatic rings. The third-order valence-electron chi connectivity index (χ3n) is 4.74. The van der Waals surface area contributed by atoms with Crippen molar-refractivity contribution in [1.82, 2.24) is 0 Å². The van der Waals surface area contributed by atoms with Crippen LogP contribution in [0.3, 0.4) is 0 Å². The predicted octanol–water partition coefficient (Wildman–Crippen LogP) is 5.77. The normalized spacial score (nSPS) is 15.0. The maximum absolute atomic E-state index is 11.6. The number of hydrogen-bond donors (Lipinski definition) is 1. The first-order valence-corrected chi connectivity index (χ1v) is 12.1. The van der Waals surface area contributed by atoms with Gasteiger partial charge in [0.2, 0.25) is 10.0 Å². The number of fused-ring (bicyclic) bond motifs is 2. The Balaban J connectivity index is 1.87. The number of benzene rings is 2. The number of hydrogen-bond acceptors (Lipinski definition) is 3. The number of anilines is 1. The summed E-state index contributed by atoms with van der Waals surface area (Å²) in [6, 6.07) is 16.0. The highest BCUT2D eigenvalue weighted by Gasteiger charge is 2.21. The van der Waals surface area contributed by atoms with Crippen molar-refractivity contribution in [3.8, 4) is 0 Å². The number of thiophene rings is 1. The molecule has 1 heterocycles. The second-order valence-corrected chi connectivity index (χ2v) is 10.6. The Morgan fingerprint density at radius 1 is 1.07 bits per heavy atom. The van der Waals surface area contributed by atoms with E-state index in [2.05, 4.69) is 35.9 Å². The standard InChI is InChI=1S/C22H20ClNO2S2/c1-14-6-8-18-16(10-14)7-9-21-20(13-22(23)27-21)19(18)12-15-4-3-5-17(11-15)24-28(2,25)26/h3-6,8,10-13,24H,7,9H2,1-2H3/b19-12+. The zero-order valence-electron chi connectivity index (χ0n) is 15.6. The van der Waals surface area contributed by atoms with Gasteiger partial charge in [0.15, 0.2) is 0 Å². The predicted molar refractivity (Wildman–Crippen MR) is 120 cm³/mol. The summed E-state index contributed by atoms with van der Waals surface area (Å²) in [5.41, 5.74) is 7.57. The molecule has 3 nitrogen and oxygen atoms in total. The van der Waals surface area contributed by atoms with Crippen LogP contribution in [0.15, 0.2) is 48.5 Å². The van der Waals surface area contributed by atoms with Crippen molar-refractivity contribution in [3.05, 3.63) is 85.6 Å². The third kappa shape index (κ3) is 4.17. The van der Waals surface area contributed by atoms with E-state index >= 15 is 0 Å². The van der Waals surface area contributed by atoms with Gasteiger partial charge in [-0.15, -0.1) is 11.3 Å². The lowest BCUT2D eigenvalue weighted by atomic mass is 9.93. The molecular weight excluding hydrogens is 410 g/mol. The lowest BCUT2D eigenvalue weighted by Gasteiger charge is -2.12. The lowest BCUT2D eigenvalue weighted by molar-refractivity contribution is 0.607. The second-order valence-electron chi connectivity index (χ2n) is 7.11. The Morgan fingerprint density at radius 3 is 2.68 bits per heavy atom. The molecule has 1 N–H and O–H groups in total. The van der Waals surface area contributed by atoms with Gasteiger partial charge in [0.1, 0.15) is 0 Å². The van der Waals surface area contributed by atoms with Gasteiger partial charge in [-0.25, -0.2) is 8.42 Å². The zero-order chi connectivity index (χ0) is 19.9. The summed E-state index contributed by atoms with van der Waals surface area (Å²) in [6.45, 7) is 2.11. The van der Waals surface area contributed by atoms with E-state index in [4.69, 9.17) is 11.6 Å². The quantitative estimate of drug-likeness (QED) is 0.574. The fraction of sp³-hybridized carbons (Fsp3) is 0.182. The van der Waals surface area contributed by atoms with Gasteiger partial charge in [-0.1, -0.05) is 47.5 Å². The summed E-state index contributed by atoms with van der Waals surface area (Å²) >= 11 is 7.97. The number of rotatable bonds is 3. The summed E-state index contributed by atoms with van der Waals surface area (Å²) in [7, 11) is -3.32. The number of halogens is 1. The molecule has 144 valence electrons. The first-order chi connectivity index (χ1) is 13.3. The molecular formula is C22H20ClNO2S2. The molecule has 0 radical (unpaired) electrons. The highest BCUT2D eigenvalue weighted by Crippen LogP contribution is 2.40. The molecule has 0 bridgehead atoms. The highest BCUT2D eigenvalue weighted by atomic mass is 35.5. The Kier molecular flexibility index (Phi) is 5.08. The van der Waals surface area contributed by atoms with Crippen molar-refractivity contribution < 1.29 is 8.42 Å². The first kappa shape index (κ1) is 19.2. The van der Waals surface area contributed by atoms with Crippen molar-refractivity contribution in [2.75, 3.05) is 11.0 Å². The van der Waals surface area contributed by atoms with Gasteiger partial charge >= 0.3 is 0 Å². The summed E-state index contributed by atoms with van der Waals surface area (Å²) in [5.74, 6) is 0. The van der Waals surface area contributed by atoms with E-state index in [0.29, 0.717) is 5.69 Å². The van der Waals surface area contributed by atoms with Gasteiger partial charge in [0.05, 0.1) is 10.6 Å². The molecule has 0 atom stereocenters. The second kappa shape index (κ2) is 7.39. The Morgan fingerprint density at radius 2 is 1.89 bits per heavy atom. The van der Waals surface area contributed by atoms with E-state index in [9.17, 15) is 8.42 Å². The maximum atomic E-state index is 11.6. The molecule has 0 amide bonds. The van der Waals surface area contributed by atoms with Crippen molar-refractivity contribution in [3.63, 3.8) is 0 Å². The maximum Gasteiger partial charge on any atom is 0.229 e. The zero-order valence-corrected chi connectivity index (χ0v) is 18.0. The van der Waals surface area contributed by atoms with Crippen molar-refractivity contribution in [2.24, 2.45) is 0 Å². The molecule has 6 heteroatoms. The topological polar surface area (TPSA) is 46.2 Å². The first-order valence-electron chi connectivity index (χ1n) is 8.96. The average Bonchev–Trinajstić information content (AvgIpc) is 2.92. The van der Waals surface area contributed by atoms with Crippen LogP contribution in [0.25, 0.3) is 11.6 Å². The van der Waals surface area contributed by atoms with Crippen LogP contribution in [-0.4, -0.2) is 14.7 Å². The van der Waals surface area contributed by atoms with Crippen LogP contribution in [0.4, 0.5) is 5.69 Å². The molecule has 1 aliphatic rings. The summed E-state index contributed by atoms with van der Waals surface area (Å²) in [4.78, 5) is 1.29. The molecule has 0 unspecified atom stereocenters. The van der Waals surface area contributed by atoms with Gasteiger partial charge in [0, 0.05) is 10.6 Å². The SMILES string of the molecule is Cc1ccc2c(c1)CCc1sc(Cl)cc1/C2=C/c1cccc(NS(C)(=O)=O)c1. The average molecular weight is 430 g/mol. The fourth-order valence-corrected chi connectivity index (χ4v) is 5.46. The van der Waals surface area contributed by atoms with Gasteiger partial charge < -0.3 is 0 Å². The van der Waals surface area contributed by atoms with E-state index in [1.54, 1.807) is 17.4 Å². The van der Waals surface area contributed by atoms with Crippen LogP contribution >= 0.6 is 22.9 Å². The van der Waals surface area contributed by atoms with E-state index < -0.39 is 10.0 Å². The van der Waals surface area contributed by atoms with Crippen LogP contribution in [-0.2, 0) is 22.9 Å². The van der Waals surface area contributed by atoms with Gasteiger partial charge in [0.25, 0.3) is 0 Å². The number of nitrogens with one attached hydrogen (secondary N) is 1. The minimum absolute atomic E-state index is 0.554. The molecule has 1 aromatic heterocycles. The minimum Gasteiger partial charge on any atom is -0.284 e. The Labute approximate surface area is 174 Å². The number of aryl methyl sites for hydroxylation is 3. The molecule has 0 aliphatic heterocycles. The summed E-state index contributed by atoms with van der Waals surface area (Å²) in [6.07, 6.45) is 5.22. The Bertz CT molecular complexity index is 1190. The monoisotopic (exact) mass is 429 g/mol. The van der Waals surface area contributed by atoms with Crippen LogP contribution in [0.5, 0.6) is 0 Å². The van der Waals surface area contributed by atoms with Crippen LogP contribution < -0.4 is 4.72 Å². The van der Waals surface area contributed by atoms with E-state index in [-0.39, 0.29) is 0 Å². The van der Waals surface area contributed by atoms with Gasteiger partial charge in [-0.05, 0) is 71.9 Å². The van der Waals surface area contributed by atoms with Crippen molar-refractivity contribution in [2.45, 2.75) is 19.8 Å². The molecule has 0 fully saturated rings. The third-order valence-corrected chi connectivity index (χ3v) is 6.67. The van der Waals surface area contributed by atoms with E-state index in [0.717, 1.165) is 34.6 Å². The molecule has 0 spiro atoms. The summed E-state index contributed by atoms with van der Waals surface area (Å²) < 4.78 is 26.5. The number of sulfonamides is 1. The molecule has 1 aliphatic carbocycles. The van der Waals surface area contributed by atoms with E-state index in [1.165, 1.54) is 27.1 Å². The van der Waals surface area contributed by atoms with E-state index in [1.807, 2.05) is 24.3 Å². The van der Waals surface area contributed by atoms with Crippen LogP contribution in [0, 0.1) is 6.92 Å². The van der Waals surface area contributed by atoms with Crippen molar-refractivity contribution in [1.29, 1.82) is 0 Å². The molecule has 28 heavy (non-hydrogen) atoms. The molecule has 2 aromatic carbocycles. The molecule has 0 saturated carbocycles. The minimum atomic E-state index is -3.32. The molecule has 0 saturated heterocycles. The lowest BCUT2D eigenvalue weighted by Crippen LogP contribution is -2.09. The van der Waals surface area contributed by atoms with Gasteiger partial charge in [-0.3, -0.25) is 4.72 Å². The smallest absolute Gasteiger partial charge is 0.229 e. The Hall–Kier alpha value is -2.08. The van der Waals surface area contributed by atoms with Crippen LogP contribution in [0.2, 0.25) is 4.34 Å². The fourth-order valence-electron chi connectivity index (χ4n) is 3.62. The van der Waals surface area contributed by atoms with Crippen molar-refractivity contribution >= 4 is 50.3 Å². The van der Waals surface area contributed by atoms with Crippen LogP contribution in [0.1, 0.15) is 32.7 Å². The van der Waals surface area contributed by atoms with Gasteiger partial charge in [-0.2, -0.15) is 0 Å². The summed E-state index contributed by atoms with van der Waals surface area (Å²) in [5, 5.41) is 0.